The molecule has 104 valence electrons. The first-order chi connectivity index (χ1) is 9.10. The van der Waals surface area contributed by atoms with E-state index in [4.69, 9.17) is 5.73 Å². The molecule has 1 aromatic rings. The highest BCUT2D eigenvalue weighted by atomic mass is 19.1. The van der Waals surface area contributed by atoms with Gasteiger partial charge in [-0.3, -0.25) is 9.69 Å². The molecule has 0 bridgehead atoms. The normalized spacial score (nSPS) is 20.4. The van der Waals surface area contributed by atoms with Gasteiger partial charge in [0.2, 0.25) is 5.91 Å². The summed E-state index contributed by atoms with van der Waals surface area (Å²) in [6, 6.07) is 4.34. The molecule has 0 saturated carbocycles. The molecule has 1 saturated heterocycles. The van der Waals surface area contributed by atoms with Crippen LogP contribution in [0.4, 0.5) is 4.39 Å². The number of primary amides is 1. The molecule has 0 aliphatic carbocycles. The predicted molar refractivity (Wildman–Crippen MR) is 70.0 cm³/mol. The quantitative estimate of drug-likeness (QED) is 0.858. The molecule has 2 rings (SSSR count). The molecule has 1 aliphatic rings. The summed E-state index contributed by atoms with van der Waals surface area (Å²) in [6.07, 6.45) is 2.04. The standard InChI is InChI=1S/C14H19FN2O2/c15-13-6-11(14(16)19)3-4-12(13)8-17-5-1-2-10(7-17)9-18/h3-4,6,10,18H,1-2,5,7-9H2,(H2,16,19). The first-order valence-corrected chi connectivity index (χ1v) is 6.51. The van der Waals surface area contributed by atoms with E-state index in [0.717, 1.165) is 25.9 Å². The Hall–Kier alpha value is -1.46. The first-order valence-electron chi connectivity index (χ1n) is 6.51. The van der Waals surface area contributed by atoms with Gasteiger partial charge in [-0.15, -0.1) is 0 Å². The molecule has 5 heteroatoms. The molecule has 1 unspecified atom stereocenters. The number of rotatable bonds is 4. The van der Waals surface area contributed by atoms with Crippen LogP contribution >= 0.6 is 0 Å². The van der Waals surface area contributed by atoms with E-state index >= 15 is 0 Å². The van der Waals surface area contributed by atoms with Crippen LogP contribution in [0, 0.1) is 11.7 Å². The highest BCUT2D eigenvalue weighted by Gasteiger charge is 2.20. The van der Waals surface area contributed by atoms with Crippen LogP contribution in [-0.4, -0.2) is 35.6 Å². The highest BCUT2D eigenvalue weighted by molar-refractivity contribution is 5.92. The molecule has 0 radical (unpaired) electrons. The second-order valence-corrected chi connectivity index (χ2v) is 5.10. The van der Waals surface area contributed by atoms with Gasteiger partial charge in [-0.1, -0.05) is 6.07 Å². The Morgan fingerprint density at radius 1 is 1.53 bits per heavy atom. The fraction of sp³-hybridized carbons (Fsp3) is 0.500. The van der Waals surface area contributed by atoms with Crippen LogP contribution in [0.5, 0.6) is 0 Å². The number of carbonyl (C=O) groups is 1. The fourth-order valence-electron chi connectivity index (χ4n) is 2.51. The molecular formula is C14H19FN2O2. The van der Waals surface area contributed by atoms with Gasteiger partial charge in [-0.25, -0.2) is 4.39 Å². The minimum Gasteiger partial charge on any atom is -0.396 e. The van der Waals surface area contributed by atoms with Crippen LogP contribution in [0.3, 0.4) is 0 Å². The summed E-state index contributed by atoms with van der Waals surface area (Å²) in [5, 5.41) is 9.17. The van der Waals surface area contributed by atoms with E-state index in [0.29, 0.717) is 12.1 Å². The number of likely N-dealkylation sites (tertiary alicyclic amines) is 1. The van der Waals surface area contributed by atoms with E-state index < -0.39 is 11.7 Å². The molecule has 1 aliphatic heterocycles. The van der Waals surface area contributed by atoms with Crippen molar-refractivity contribution in [3.63, 3.8) is 0 Å². The van der Waals surface area contributed by atoms with Gasteiger partial charge in [0.05, 0.1) is 0 Å². The number of nitrogens with two attached hydrogens (primary N) is 1. The number of aliphatic hydroxyl groups is 1. The Bertz CT molecular complexity index is 465. The van der Waals surface area contributed by atoms with Crippen molar-refractivity contribution < 1.29 is 14.3 Å². The largest absolute Gasteiger partial charge is 0.396 e. The number of amides is 1. The van der Waals surface area contributed by atoms with E-state index in [1.807, 2.05) is 0 Å². The van der Waals surface area contributed by atoms with Gasteiger partial charge in [0.25, 0.3) is 0 Å². The number of benzene rings is 1. The van der Waals surface area contributed by atoms with Crippen LogP contribution in [0.1, 0.15) is 28.8 Å². The number of halogens is 1. The van der Waals surface area contributed by atoms with E-state index in [2.05, 4.69) is 4.90 Å². The minimum absolute atomic E-state index is 0.180. The fourth-order valence-corrected chi connectivity index (χ4v) is 2.51. The van der Waals surface area contributed by atoms with Gasteiger partial charge in [0, 0.05) is 30.8 Å². The highest BCUT2D eigenvalue weighted by Crippen LogP contribution is 2.19. The van der Waals surface area contributed by atoms with Crippen molar-refractivity contribution in [2.75, 3.05) is 19.7 Å². The van der Waals surface area contributed by atoms with Gasteiger partial charge >= 0.3 is 0 Å². The molecule has 1 heterocycles. The number of hydrogen-bond acceptors (Lipinski definition) is 3. The SMILES string of the molecule is NC(=O)c1ccc(CN2CCCC(CO)C2)c(F)c1. The Kier molecular flexibility index (Phi) is 4.50. The van der Waals surface area contributed by atoms with Crippen LogP contribution in [0.2, 0.25) is 0 Å². The van der Waals surface area contributed by atoms with E-state index in [9.17, 15) is 14.3 Å². The zero-order valence-corrected chi connectivity index (χ0v) is 10.8. The average Bonchev–Trinajstić information content (AvgIpc) is 2.41. The Morgan fingerprint density at radius 3 is 2.95 bits per heavy atom. The van der Waals surface area contributed by atoms with Crippen LogP contribution in [0.15, 0.2) is 18.2 Å². The summed E-state index contributed by atoms with van der Waals surface area (Å²) in [5.41, 5.74) is 5.86. The van der Waals surface area contributed by atoms with Gasteiger partial charge in [-0.2, -0.15) is 0 Å². The summed E-state index contributed by atoms with van der Waals surface area (Å²) < 4.78 is 13.9. The van der Waals surface area contributed by atoms with Crippen molar-refractivity contribution in [1.29, 1.82) is 0 Å². The van der Waals surface area contributed by atoms with Crippen LogP contribution < -0.4 is 5.73 Å². The Balaban J connectivity index is 2.04. The number of aliphatic hydroxyl groups excluding tert-OH is 1. The molecule has 1 fully saturated rings. The Morgan fingerprint density at radius 2 is 2.32 bits per heavy atom. The van der Waals surface area contributed by atoms with Crippen molar-refractivity contribution in [3.05, 3.63) is 35.1 Å². The van der Waals surface area contributed by atoms with E-state index in [1.54, 1.807) is 12.1 Å². The van der Waals surface area contributed by atoms with Gasteiger partial charge in [0.1, 0.15) is 5.82 Å². The molecule has 19 heavy (non-hydrogen) atoms. The average molecular weight is 266 g/mol. The zero-order chi connectivity index (χ0) is 13.8. The number of piperidine rings is 1. The smallest absolute Gasteiger partial charge is 0.248 e. The minimum atomic E-state index is -0.622. The lowest BCUT2D eigenvalue weighted by atomic mass is 9.98. The van der Waals surface area contributed by atoms with E-state index in [-0.39, 0.29) is 18.1 Å². The second kappa shape index (κ2) is 6.12. The maximum absolute atomic E-state index is 13.9. The number of nitrogens with zero attached hydrogens (tertiary/aromatic N) is 1. The molecule has 4 nitrogen and oxygen atoms in total. The lowest BCUT2D eigenvalue weighted by Crippen LogP contribution is -2.36. The maximum Gasteiger partial charge on any atom is 0.248 e. The lowest BCUT2D eigenvalue weighted by Gasteiger charge is -2.31. The predicted octanol–water partition coefficient (Wildman–Crippen LogP) is 1.13. The molecule has 0 spiro atoms. The third-order valence-electron chi connectivity index (χ3n) is 3.59. The zero-order valence-electron chi connectivity index (χ0n) is 10.8. The van der Waals surface area contributed by atoms with Gasteiger partial charge in [0.15, 0.2) is 0 Å². The van der Waals surface area contributed by atoms with Gasteiger partial charge < -0.3 is 10.8 Å². The van der Waals surface area contributed by atoms with Crippen molar-refractivity contribution in [2.45, 2.75) is 19.4 Å². The van der Waals surface area contributed by atoms with Crippen LogP contribution in [0.25, 0.3) is 0 Å². The van der Waals surface area contributed by atoms with Crippen molar-refractivity contribution in [1.82, 2.24) is 4.90 Å². The maximum atomic E-state index is 13.9. The summed E-state index contributed by atoms with van der Waals surface area (Å²) in [7, 11) is 0. The van der Waals surface area contributed by atoms with Crippen molar-refractivity contribution in [2.24, 2.45) is 11.7 Å². The third kappa shape index (κ3) is 3.52. The van der Waals surface area contributed by atoms with Crippen LogP contribution in [-0.2, 0) is 6.54 Å². The molecule has 1 atom stereocenters. The summed E-state index contributed by atoms with van der Waals surface area (Å²) in [5.74, 6) is -0.743. The lowest BCUT2D eigenvalue weighted by molar-refractivity contribution is 0.0999. The molecule has 1 amide bonds. The molecule has 0 aromatic heterocycles. The van der Waals surface area contributed by atoms with Crippen molar-refractivity contribution >= 4 is 5.91 Å². The summed E-state index contributed by atoms with van der Waals surface area (Å²) in [6.45, 7) is 2.38. The number of carbonyl (C=O) groups excluding carboxylic acids is 1. The Labute approximate surface area is 112 Å². The number of hydrogen-bond donors (Lipinski definition) is 2. The first kappa shape index (κ1) is 14.0. The van der Waals surface area contributed by atoms with Crippen molar-refractivity contribution in [3.8, 4) is 0 Å². The molecular weight excluding hydrogens is 247 g/mol. The summed E-state index contributed by atoms with van der Waals surface area (Å²) in [4.78, 5) is 13.1. The second-order valence-electron chi connectivity index (χ2n) is 5.10. The van der Waals surface area contributed by atoms with Gasteiger partial charge in [-0.05, 0) is 37.4 Å². The monoisotopic (exact) mass is 266 g/mol. The third-order valence-corrected chi connectivity index (χ3v) is 3.59. The molecule has 3 N–H and O–H groups in total. The topological polar surface area (TPSA) is 66.6 Å². The molecule has 1 aromatic carbocycles. The van der Waals surface area contributed by atoms with E-state index in [1.165, 1.54) is 6.07 Å². The summed E-state index contributed by atoms with van der Waals surface area (Å²) >= 11 is 0.